The fourth-order valence-electron chi connectivity index (χ4n) is 3.46. The second kappa shape index (κ2) is 7.56. The number of carbonyl (C=O) groups excluding carboxylic acids is 1. The highest BCUT2D eigenvalue weighted by molar-refractivity contribution is 5.97. The van der Waals surface area contributed by atoms with E-state index in [9.17, 15) is 9.18 Å². The summed E-state index contributed by atoms with van der Waals surface area (Å²) in [5.41, 5.74) is 4.91. The van der Waals surface area contributed by atoms with Crippen LogP contribution >= 0.6 is 0 Å². The molecule has 0 amide bonds. The van der Waals surface area contributed by atoms with Crippen molar-refractivity contribution in [1.82, 2.24) is 29.4 Å². The van der Waals surface area contributed by atoms with E-state index in [2.05, 4.69) is 20.2 Å². The van der Waals surface area contributed by atoms with Gasteiger partial charge in [-0.3, -0.25) is 14.5 Å². The van der Waals surface area contributed by atoms with Crippen LogP contribution in [-0.2, 0) is 13.5 Å². The molecule has 5 aromatic rings. The fourth-order valence-corrected chi connectivity index (χ4v) is 3.46. The summed E-state index contributed by atoms with van der Waals surface area (Å²) in [5.74, 6) is -0.329. The molecule has 0 atom stereocenters. The molecule has 0 aliphatic heterocycles. The van der Waals surface area contributed by atoms with Gasteiger partial charge in [0, 0.05) is 42.3 Å². The van der Waals surface area contributed by atoms with Crippen molar-refractivity contribution in [2.45, 2.75) is 6.42 Å². The van der Waals surface area contributed by atoms with E-state index >= 15 is 0 Å². The van der Waals surface area contributed by atoms with Crippen LogP contribution in [0.1, 0.15) is 16.1 Å². The van der Waals surface area contributed by atoms with Gasteiger partial charge in [-0.05, 0) is 48.5 Å². The Balaban J connectivity index is 1.49. The van der Waals surface area contributed by atoms with Gasteiger partial charge in [0.1, 0.15) is 11.5 Å². The molecule has 31 heavy (non-hydrogen) atoms. The van der Waals surface area contributed by atoms with Gasteiger partial charge in [-0.2, -0.15) is 10.2 Å². The molecule has 0 unspecified atom stereocenters. The number of fused-ring (bicyclic) bond motifs is 1. The standard InChI is InChI=1S/C23H17FN6O/c1-29-14-19(23(28-29)16-2-4-17(24)5-3-16)20-6-7-22-26-18(13-30(22)27-20)12-21(31)15-8-10-25-11-9-15/h2-11,13-14H,12H2,1H3. The maximum Gasteiger partial charge on any atom is 0.168 e. The predicted molar refractivity (Wildman–Crippen MR) is 113 cm³/mol. The number of nitrogens with zero attached hydrogens (tertiary/aromatic N) is 6. The molecule has 0 aliphatic carbocycles. The van der Waals surface area contributed by atoms with Gasteiger partial charge in [0.2, 0.25) is 0 Å². The minimum atomic E-state index is -0.298. The maximum atomic E-state index is 13.3. The van der Waals surface area contributed by atoms with Crippen molar-refractivity contribution < 1.29 is 9.18 Å². The Hall–Kier alpha value is -4.20. The molecular weight excluding hydrogens is 395 g/mol. The second-order valence-electron chi connectivity index (χ2n) is 7.16. The van der Waals surface area contributed by atoms with Crippen LogP contribution in [0.5, 0.6) is 0 Å². The Morgan fingerprint density at radius 2 is 1.74 bits per heavy atom. The smallest absolute Gasteiger partial charge is 0.168 e. The molecule has 7 nitrogen and oxygen atoms in total. The number of imidazole rings is 1. The van der Waals surface area contributed by atoms with Crippen molar-refractivity contribution in [1.29, 1.82) is 0 Å². The van der Waals surface area contributed by atoms with Gasteiger partial charge in [0.15, 0.2) is 11.4 Å². The average Bonchev–Trinajstić information content (AvgIpc) is 3.37. The van der Waals surface area contributed by atoms with Crippen molar-refractivity contribution in [3.8, 4) is 22.5 Å². The van der Waals surface area contributed by atoms with E-state index in [-0.39, 0.29) is 18.0 Å². The zero-order chi connectivity index (χ0) is 21.4. The normalized spacial score (nSPS) is 11.2. The molecule has 4 heterocycles. The fraction of sp³-hybridized carbons (Fsp3) is 0.0870. The van der Waals surface area contributed by atoms with Gasteiger partial charge in [0.05, 0.1) is 24.0 Å². The number of aryl methyl sites for hydroxylation is 1. The molecular formula is C23H17FN6O. The third-order valence-electron chi connectivity index (χ3n) is 4.94. The van der Waals surface area contributed by atoms with Crippen LogP contribution in [0, 0.1) is 5.82 Å². The number of Topliss-reactive ketones (excluding diaryl/α,β-unsaturated/α-hetero) is 1. The number of halogens is 1. The van der Waals surface area contributed by atoms with Crippen LogP contribution in [0.15, 0.2) is 73.3 Å². The first-order valence-corrected chi connectivity index (χ1v) is 9.65. The van der Waals surface area contributed by atoms with Crippen LogP contribution < -0.4 is 0 Å². The van der Waals surface area contributed by atoms with Crippen LogP contribution in [0.4, 0.5) is 4.39 Å². The molecule has 4 aromatic heterocycles. The summed E-state index contributed by atoms with van der Waals surface area (Å²) in [6.07, 6.45) is 6.99. The summed E-state index contributed by atoms with van der Waals surface area (Å²) >= 11 is 0. The largest absolute Gasteiger partial charge is 0.294 e. The van der Waals surface area contributed by atoms with E-state index in [1.54, 1.807) is 52.1 Å². The van der Waals surface area contributed by atoms with Crippen molar-refractivity contribution in [2.24, 2.45) is 7.05 Å². The molecule has 0 spiro atoms. The molecule has 0 aliphatic rings. The Morgan fingerprint density at radius 3 is 2.52 bits per heavy atom. The Kier molecular flexibility index (Phi) is 4.59. The quantitative estimate of drug-likeness (QED) is 0.411. The number of benzene rings is 1. The third-order valence-corrected chi connectivity index (χ3v) is 4.94. The van der Waals surface area contributed by atoms with Crippen LogP contribution in [0.3, 0.4) is 0 Å². The molecule has 0 radical (unpaired) electrons. The Bertz CT molecular complexity index is 1390. The van der Waals surface area contributed by atoms with Crippen molar-refractivity contribution in [3.05, 3.63) is 90.4 Å². The summed E-state index contributed by atoms with van der Waals surface area (Å²) in [6, 6.07) is 13.3. The third kappa shape index (κ3) is 3.71. The van der Waals surface area contributed by atoms with E-state index in [4.69, 9.17) is 0 Å². The van der Waals surface area contributed by atoms with Gasteiger partial charge in [-0.25, -0.2) is 13.9 Å². The highest BCUT2D eigenvalue weighted by Gasteiger charge is 2.16. The predicted octanol–water partition coefficient (Wildman–Crippen LogP) is 3.76. The minimum absolute atomic E-state index is 0.0307. The molecule has 0 fully saturated rings. The first-order valence-electron chi connectivity index (χ1n) is 9.65. The molecule has 0 bridgehead atoms. The second-order valence-corrected chi connectivity index (χ2v) is 7.16. The van der Waals surface area contributed by atoms with E-state index in [0.717, 1.165) is 11.1 Å². The zero-order valence-corrected chi connectivity index (χ0v) is 16.6. The first kappa shape index (κ1) is 18.8. The summed E-state index contributed by atoms with van der Waals surface area (Å²) < 4.78 is 16.7. The number of ketones is 1. The number of aromatic nitrogens is 6. The highest BCUT2D eigenvalue weighted by Crippen LogP contribution is 2.30. The molecule has 152 valence electrons. The van der Waals surface area contributed by atoms with Gasteiger partial charge < -0.3 is 0 Å². The lowest BCUT2D eigenvalue weighted by Gasteiger charge is -2.03. The van der Waals surface area contributed by atoms with Crippen LogP contribution in [0.2, 0.25) is 0 Å². The van der Waals surface area contributed by atoms with E-state index in [1.165, 1.54) is 12.1 Å². The minimum Gasteiger partial charge on any atom is -0.294 e. The highest BCUT2D eigenvalue weighted by atomic mass is 19.1. The van der Waals surface area contributed by atoms with Gasteiger partial charge in [-0.1, -0.05) is 0 Å². The molecule has 5 rings (SSSR count). The number of pyridine rings is 1. The number of rotatable bonds is 5. The molecule has 0 saturated carbocycles. The number of hydrogen-bond donors (Lipinski definition) is 0. The van der Waals surface area contributed by atoms with Crippen molar-refractivity contribution >= 4 is 11.4 Å². The first-order chi connectivity index (χ1) is 15.1. The number of hydrogen-bond acceptors (Lipinski definition) is 5. The lowest BCUT2D eigenvalue weighted by molar-refractivity contribution is 0.0992. The van der Waals surface area contributed by atoms with E-state index < -0.39 is 0 Å². The van der Waals surface area contributed by atoms with Gasteiger partial charge in [0.25, 0.3) is 0 Å². The van der Waals surface area contributed by atoms with Crippen LogP contribution in [-0.4, -0.2) is 35.1 Å². The summed E-state index contributed by atoms with van der Waals surface area (Å²) in [5, 5.41) is 9.19. The van der Waals surface area contributed by atoms with E-state index in [0.29, 0.717) is 28.3 Å². The Morgan fingerprint density at radius 1 is 0.968 bits per heavy atom. The summed E-state index contributed by atoms with van der Waals surface area (Å²) in [7, 11) is 1.83. The maximum absolute atomic E-state index is 13.3. The zero-order valence-electron chi connectivity index (χ0n) is 16.6. The van der Waals surface area contributed by atoms with E-state index in [1.807, 2.05) is 25.4 Å². The van der Waals surface area contributed by atoms with Crippen LogP contribution in [0.25, 0.3) is 28.2 Å². The van der Waals surface area contributed by atoms with Crippen molar-refractivity contribution in [2.75, 3.05) is 0 Å². The Labute approximate surface area is 176 Å². The van der Waals surface area contributed by atoms with Gasteiger partial charge in [-0.15, -0.1) is 0 Å². The molecule has 0 N–H and O–H groups in total. The summed E-state index contributed by atoms with van der Waals surface area (Å²) in [6.45, 7) is 0. The average molecular weight is 412 g/mol. The molecule has 0 saturated heterocycles. The monoisotopic (exact) mass is 412 g/mol. The lowest BCUT2D eigenvalue weighted by Crippen LogP contribution is -2.03. The van der Waals surface area contributed by atoms with Crippen molar-refractivity contribution in [3.63, 3.8) is 0 Å². The molecule has 1 aromatic carbocycles. The SMILES string of the molecule is Cn1cc(-c2ccc3nc(CC(=O)c4ccncc4)cn3n2)c(-c2ccc(F)cc2)n1. The summed E-state index contributed by atoms with van der Waals surface area (Å²) in [4.78, 5) is 20.9. The molecule has 8 heteroatoms. The van der Waals surface area contributed by atoms with Gasteiger partial charge >= 0.3 is 0 Å². The topological polar surface area (TPSA) is 78.0 Å². The number of carbonyl (C=O) groups is 1. The lowest BCUT2D eigenvalue weighted by atomic mass is 10.1.